The van der Waals surface area contributed by atoms with E-state index in [2.05, 4.69) is 15.4 Å². The van der Waals surface area contributed by atoms with Gasteiger partial charge in [0.1, 0.15) is 10.2 Å². The van der Waals surface area contributed by atoms with Crippen LogP contribution in [0, 0.1) is 14.8 Å². The van der Waals surface area contributed by atoms with Gasteiger partial charge in [-0.25, -0.2) is 5.10 Å². The molecule has 0 bridgehead atoms. The lowest BCUT2D eigenvalue weighted by atomic mass is 10.2. The molecular weight excluding hydrogens is 204 g/mol. The highest BCUT2D eigenvalue weighted by Crippen LogP contribution is 2.18. The maximum Gasteiger partial charge on any atom is 0.271 e. The number of nitro groups is 1. The van der Waals surface area contributed by atoms with Crippen LogP contribution in [0.25, 0.3) is 10.9 Å². The number of hydrogen-bond donors (Lipinski definition) is 1. The summed E-state index contributed by atoms with van der Waals surface area (Å²) in [6, 6.07) is 4.28. The van der Waals surface area contributed by atoms with Crippen LogP contribution in [0.3, 0.4) is 0 Å². The molecule has 0 amide bonds. The maximum absolute atomic E-state index is 10.5. The molecule has 1 aromatic carbocycles. The monoisotopic (exact) mass is 208 g/mol. The molecule has 7 heteroatoms. The van der Waals surface area contributed by atoms with Crippen molar-refractivity contribution in [3.63, 3.8) is 0 Å². The lowest BCUT2D eigenvalue weighted by molar-refractivity contribution is -0.384. The minimum Gasteiger partial charge on any atom is -0.258 e. The third-order valence-electron chi connectivity index (χ3n) is 1.75. The second kappa shape index (κ2) is 3.11. The molecule has 0 atom stereocenters. The van der Waals surface area contributed by atoms with E-state index in [1.165, 1.54) is 12.1 Å². The van der Waals surface area contributed by atoms with Crippen LogP contribution in [-0.4, -0.2) is 20.3 Å². The molecule has 0 aliphatic heterocycles. The summed E-state index contributed by atoms with van der Waals surface area (Å²) in [6.45, 7) is 0. The Kier molecular flexibility index (Phi) is 1.93. The lowest BCUT2D eigenvalue weighted by Crippen LogP contribution is -1.92. The number of benzene rings is 1. The number of nitro benzene ring substituents is 1. The van der Waals surface area contributed by atoms with Gasteiger partial charge in [-0.15, -0.1) is 5.10 Å². The zero-order valence-electron chi connectivity index (χ0n) is 6.80. The van der Waals surface area contributed by atoms with Gasteiger partial charge in [0, 0.05) is 17.5 Å². The third-order valence-corrected chi connectivity index (χ3v) is 2.06. The number of non-ortho nitro benzene ring substituents is 1. The molecule has 0 unspecified atom stereocenters. The van der Waals surface area contributed by atoms with Crippen LogP contribution in [0.5, 0.6) is 0 Å². The van der Waals surface area contributed by atoms with E-state index in [4.69, 9.17) is 12.2 Å². The summed E-state index contributed by atoms with van der Waals surface area (Å²) >= 11 is 4.93. The van der Waals surface area contributed by atoms with E-state index >= 15 is 0 Å². The molecule has 0 saturated heterocycles. The summed E-state index contributed by atoms with van der Waals surface area (Å²) in [4.78, 5) is 9.97. The number of nitrogens with zero attached hydrogens (tertiary/aromatic N) is 3. The Bertz CT molecular complexity index is 565. The standard InChI is InChI=1S/C7H4N4O2S/c12-11(13)4-1-2-5-6(3-4)8-10-9-7(5)14/h1-3H,(H,8,9,14). The van der Waals surface area contributed by atoms with E-state index < -0.39 is 4.92 Å². The van der Waals surface area contributed by atoms with Crippen molar-refractivity contribution in [2.45, 2.75) is 0 Å². The fourth-order valence-corrected chi connectivity index (χ4v) is 1.31. The van der Waals surface area contributed by atoms with Crippen molar-refractivity contribution in [2.24, 2.45) is 0 Å². The number of aromatic nitrogens is 3. The first-order valence-electron chi connectivity index (χ1n) is 3.68. The van der Waals surface area contributed by atoms with Gasteiger partial charge in [-0.3, -0.25) is 10.1 Å². The van der Waals surface area contributed by atoms with E-state index in [0.717, 1.165) is 0 Å². The van der Waals surface area contributed by atoms with Crippen LogP contribution in [-0.2, 0) is 0 Å². The zero-order valence-corrected chi connectivity index (χ0v) is 7.61. The van der Waals surface area contributed by atoms with Gasteiger partial charge < -0.3 is 0 Å². The van der Waals surface area contributed by atoms with E-state index in [-0.39, 0.29) is 5.69 Å². The second-order valence-electron chi connectivity index (χ2n) is 2.60. The van der Waals surface area contributed by atoms with Crippen LogP contribution >= 0.6 is 12.2 Å². The summed E-state index contributed by atoms with van der Waals surface area (Å²) in [7, 11) is 0. The highest BCUT2D eigenvalue weighted by Gasteiger charge is 2.07. The van der Waals surface area contributed by atoms with Gasteiger partial charge in [0.15, 0.2) is 0 Å². The number of aromatic amines is 1. The summed E-state index contributed by atoms with van der Waals surface area (Å²) < 4.78 is 0.421. The number of nitrogens with one attached hydrogen (secondary N) is 1. The zero-order chi connectivity index (χ0) is 10.1. The molecule has 2 aromatic rings. The van der Waals surface area contributed by atoms with Crippen LogP contribution < -0.4 is 0 Å². The molecule has 1 aromatic heterocycles. The maximum atomic E-state index is 10.5. The normalized spacial score (nSPS) is 10.3. The topological polar surface area (TPSA) is 84.7 Å². The Morgan fingerprint density at radius 3 is 3.00 bits per heavy atom. The van der Waals surface area contributed by atoms with Gasteiger partial charge in [0.05, 0.1) is 4.92 Å². The SMILES string of the molecule is O=[N+]([O-])c1ccc2c(=S)[nH]nnc2c1. The summed E-state index contributed by atoms with van der Waals surface area (Å²) in [5, 5.41) is 20.8. The van der Waals surface area contributed by atoms with Gasteiger partial charge >= 0.3 is 0 Å². The van der Waals surface area contributed by atoms with Gasteiger partial charge in [-0.2, -0.15) is 0 Å². The second-order valence-corrected chi connectivity index (χ2v) is 3.01. The van der Waals surface area contributed by atoms with Gasteiger partial charge in [0.25, 0.3) is 5.69 Å². The quantitative estimate of drug-likeness (QED) is 0.437. The third kappa shape index (κ3) is 1.33. The first-order chi connectivity index (χ1) is 6.68. The van der Waals surface area contributed by atoms with Crippen molar-refractivity contribution in [2.75, 3.05) is 0 Å². The van der Waals surface area contributed by atoms with Crippen LogP contribution in [0.15, 0.2) is 18.2 Å². The summed E-state index contributed by atoms with van der Waals surface area (Å²) in [6.07, 6.45) is 0. The van der Waals surface area contributed by atoms with E-state index in [1.54, 1.807) is 6.07 Å². The minimum atomic E-state index is -0.485. The van der Waals surface area contributed by atoms with Crippen molar-refractivity contribution >= 4 is 28.8 Å². The molecule has 0 aliphatic carbocycles. The van der Waals surface area contributed by atoms with Gasteiger partial charge in [0.2, 0.25) is 0 Å². The van der Waals surface area contributed by atoms with Gasteiger partial charge in [-0.05, 0) is 6.07 Å². The smallest absolute Gasteiger partial charge is 0.258 e. The number of H-pyrrole nitrogens is 1. The highest BCUT2D eigenvalue weighted by molar-refractivity contribution is 7.71. The molecule has 70 valence electrons. The predicted octanol–water partition coefficient (Wildman–Crippen LogP) is 1.60. The Balaban J connectivity index is 2.80. The van der Waals surface area contributed by atoms with Crippen molar-refractivity contribution in [3.8, 4) is 0 Å². The molecule has 1 heterocycles. The van der Waals surface area contributed by atoms with Gasteiger partial charge in [-0.1, -0.05) is 17.4 Å². The fraction of sp³-hybridized carbons (Fsp3) is 0. The van der Waals surface area contributed by atoms with E-state index in [1.807, 2.05) is 0 Å². The fourth-order valence-electron chi connectivity index (χ4n) is 1.09. The first-order valence-corrected chi connectivity index (χ1v) is 4.09. The lowest BCUT2D eigenvalue weighted by Gasteiger charge is -1.94. The van der Waals surface area contributed by atoms with E-state index in [0.29, 0.717) is 15.5 Å². The Morgan fingerprint density at radius 2 is 2.29 bits per heavy atom. The molecule has 2 rings (SSSR count). The summed E-state index contributed by atoms with van der Waals surface area (Å²) in [5.74, 6) is 0. The first kappa shape index (κ1) is 8.70. The number of fused-ring (bicyclic) bond motifs is 1. The average molecular weight is 208 g/mol. The average Bonchev–Trinajstić information content (AvgIpc) is 2.17. The van der Waals surface area contributed by atoms with Crippen molar-refractivity contribution in [1.29, 1.82) is 0 Å². The van der Waals surface area contributed by atoms with Crippen molar-refractivity contribution in [3.05, 3.63) is 33.0 Å². The molecule has 6 nitrogen and oxygen atoms in total. The Morgan fingerprint density at radius 1 is 1.50 bits per heavy atom. The Hall–Kier alpha value is -1.89. The Labute approximate surface area is 82.7 Å². The molecule has 0 aliphatic rings. The minimum absolute atomic E-state index is 0.0209. The number of hydrogen-bond acceptors (Lipinski definition) is 5. The summed E-state index contributed by atoms with van der Waals surface area (Å²) in [5.41, 5.74) is 0.398. The highest BCUT2D eigenvalue weighted by atomic mass is 32.1. The molecule has 0 radical (unpaired) electrons. The van der Waals surface area contributed by atoms with Crippen LogP contribution in [0.2, 0.25) is 0 Å². The predicted molar refractivity (Wildman–Crippen MR) is 51.4 cm³/mol. The van der Waals surface area contributed by atoms with E-state index in [9.17, 15) is 10.1 Å². The molecule has 1 N–H and O–H groups in total. The number of rotatable bonds is 1. The van der Waals surface area contributed by atoms with Crippen LogP contribution in [0.1, 0.15) is 0 Å². The molecule has 0 saturated carbocycles. The molecule has 14 heavy (non-hydrogen) atoms. The molecular formula is C7H4N4O2S. The molecule has 0 spiro atoms. The van der Waals surface area contributed by atoms with Crippen molar-refractivity contribution < 1.29 is 4.92 Å². The van der Waals surface area contributed by atoms with Crippen molar-refractivity contribution in [1.82, 2.24) is 15.4 Å². The van der Waals surface area contributed by atoms with Crippen LogP contribution in [0.4, 0.5) is 5.69 Å². The largest absolute Gasteiger partial charge is 0.271 e. The molecule has 0 fully saturated rings.